The minimum Gasteiger partial charge on any atom is -0.361 e. The number of nitrogens with one attached hydrogen (secondary N) is 2. The molecule has 1 amide bonds. The number of hydrogen-bond acceptors (Lipinski definition) is 1. The molecule has 0 aliphatic carbocycles. The summed E-state index contributed by atoms with van der Waals surface area (Å²) in [4.78, 5) is 15.3. The Balaban J connectivity index is 1.55. The lowest BCUT2D eigenvalue weighted by molar-refractivity contribution is -0.120. The summed E-state index contributed by atoms with van der Waals surface area (Å²) in [7, 11) is 0. The van der Waals surface area contributed by atoms with Crippen molar-refractivity contribution in [3.8, 4) is 0 Å². The van der Waals surface area contributed by atoms with Crippen LogP contribution in [-0.2, 0) is 17.6 Å². The molecule has 0 saturated heterocycles. The van der Waals surface area contributed by atoms with Gasteiger partial charge in [-0.25, -0.2) is 0 Å². The lowest BCUT2D eigenvalue weighted by Gasteiger charge is -2.07. The van der Waals surface area contributed by atoms with Crippen LogP contribution in [0.25, 0.3) is 10.9 Å². The third kappa shape index (κ3) is 3.87. The van der Waals surface area contributed by atoms with Crippen molar-refractivity contribution in [2.75, 3.05) is 6.54 Å². The monoisotopic (exact) mass is 346 g/mol. The van der Waals surface area contributed by atoms with Crippen LogP contribution in [0.1, 0.15) is 11.1 Å². The number of H-pyrrole nitrogens is 1. The molecule has 1 heterocycles. The fraction of sp³-hybridized carbons (Fsp3) is 0.167. The second kappa shape index (κ2) is 7.07. The van der Waals surface area contributed by atoms with Crippen LogP contribution in [-0.4, -0.2) is 17.4 Å². The number of carbonyl (C=O) groups excluding carboxylic acids is 1. The van der Waals surface area contributed by atoms with Crippen LogP contribution in [0.2, 0.25) is 10.0 Å². The molecule has 118 valence electrons. The third-order valence-corrected chi connectivity index (χ3v) is 4.34. The van der Waals surface area contributed by atoms with Crippen LogP contribution in [0.3, 0.4) is 0 Å². The Bertz CT molecular complexity index is 842. The lowest BCUT2D eigenvalue weighted by atomic mass is 10.1. The molecule has 3 nitrogen and oxygen atoms in total. The Kier molecular flexibility index (Phi) is 4.89. The molecule has 3 rings (SSSR count). The highest BCUT2D eigenvalue weighted by Crippen LogP contribution is 2.21. The predicted molar refractivity (Wildman–Crippen MR) is 95.2 cm³/mol. The van der Waals surface area contributed by atoms with Crippen LogP contribution in [0, 0.1) is 0 Å². The number of carbonyl (C=O) groups is 1. The van der Waals surface area contributed by atoms with Crippen LogP contribution in [0.4, 0.5) is 0 Å². The number of amides is 1. The number of hydrogen-bond donors (Lipinski definition) is 2. The average molecular weight is 347 g/mol. The fourth-order valence-corrected chi connectivity index (χ4v) is 3.05. The molecule has 1 aromatic heterocycles. The van der Waals surface area contributed by atoms with E-state index < -0.39 is 0 Å². The van der Waals surface area contributed by atoms with Crippen LogP contribution in [0.5, 0.6) is 0 Å². The zero-order valence-electron chi connectivity index (χ0n) is 12.4. The quantitative estimate of drug-likeness (QED) is 0.707. The molecule has 0 spiro atoms. The second-order valence-corrected chi connectivity index (χ2v) is 6.22. The number of fused-ring (bicyclic) bond motifs is 1. The van der Waals surface area contributed by atoms with Gasteiger partial charge in [0, 0.05) is 33.7 Å². The lowest BCUT2D eigenvalue weighted by Crippen LogP contribution is -2.27. The zero-order chi connectivity index (χ0) is 16.2. The van der Waals surface area contributed by atoms with E-state index >= 15 is 0 Å². The van der Waals surface area contributed by atoms with E-state index in [1.54, 1.807) is 18.2 Å². The molecule has 0 saturated carbocycles. The number of rotatable bonds is 5. The van der Waals surface area contributed by atoms with Crippen LogP contribution >= 0.6 is 23.2 Å². The standard InChI is InChI=1S/C18H16Cl2N2O/c19-14-6-5-12(16(20)10-14)9-18(23)21-8-7-13-11-22-17-4-2-1-3-15(13)17/h1-6,10-11,22H,7-9H2,(H,21,23). The maximum Gasteiger partial charge on any atom is 0.224 e. The maximum absolute atomic E-state index is 12.0. The summed E-state index contributed by atoms with van der Waals surface area (Å²) in [6.07, 6.45) is 3.03. The summed E-state index contributed by atoms with van der Waals surface area (Å²) in [5.74, 6) is -0.0472. The summed E-state index contributed by atoms with van der Waals surface area (Å²) in [5.41, 5.74) is 3.09. The SMILES string of the molecule is O=C(Cc1ccc(Cl)cc1Cl)NCCc1c[nH]c2ccccc12. The Hall–Kier alpha value is -1.97. The van der Waals surface area contributed by atoms with Gasteiger partial charge in [-0.1, -0.05) is 47.5 Å². The Morgan fingerprint density at radius 1 is 1.09 bits per heavy atom. The molecule has 0 aliphatic rings. The van der Waals surface area contributed by atoms with E-state index in [-0.39, 0.29) is 12.3 Å². The summed E-state index contributed by atoms with van der Waals surface area (Å²) >= 11 is 11.9. The highest BCUT2D eigenvalue weighted by molar-refractivity contribution is 6.35. The van der Waals surface area contributed by atoms with Crippen molar-refractivity contribution in [2.45, 2.75) is 12.8 Å². The first-order valence-corrected chi connectivity index (χ1v) is 8.14. The molecule has 0 radical (unpaired) electrons. The number of para-hydroxylation sites is 1. The highest BCUT2D eigenvalue weighted by Gasteiger charge is 2.08. The van der Waals surface area contributed by atoms with Crippen molar-refractivity contribution < 1.29 is 4.79 Å². The summed E-state index contributed by atoms with van der Waals surface area (Å²) in [6.45, 7) is 0.589. The van der Waals surface area contributed by atoms with Crippen molar-refractivity contribution in [1.29, 1.82) is 0 Å². The average Bonchev–Trinajstić information content (AvgIpc) is 2.94. The maximum atomic E-state index is 12.0. The minimum atomic E-state index is -0.0472. The van der Waals surface area contributed by atoms with Gasteiger partial charge in [0.05, 0.1) is 6.42 Å². The highest BCUT2D eigenvalue weighted by atomic mass is 35.5. The van der Waals surface area contributed by atoms with Crippen LogP contribution in [0.15, 0.2) is 48.7 Å². The number of aromatic nitrogens is 1. The molecule has 3 aromatic rings. The zero-order valence-corrected chi connectivity index (χ0v) is 13.9. The van der Waals surface area contributed by atoms with E-state index in [2.05, 4.69) is 16.4 Å². The van der Waals surface area contributed by atoms with Gasteiger partial charge in [0.2, 0.25) is 5.91 Å². The first-order valence-electron chi connectivity index (χ1n) is 7.39. The van der Waals surface area contributed by atoms with E-state index in [4.69, 9.17) is 23.2 Å². The van der Waals surface area contributed by atoms with Crippen molar-refractivity contribution in [1.82, 2.24) is 10.3 Å². The van der Waals surface area contributed by atoms with Gasteiger partial charge in [-0.05, 0) is 35.7 Å². The molecule has 0 atom stereocenters. The summed E-state index contributed by atoms with van der Waals surface area (Å²) in [6, 6.07) is 13.3. The fourth-order valence-electron chi connectivity index (χ4n) is 2.58. The Morgan fingerprint density at radius 2 is 1.91 bits per heavy atom. The number of benzene rings is 2. The van der Waals surface area contributed by atoms with Crippen molar-refractivity contribution >= 4 is 40.0 Å². The molecule has 0 unspecified atom stereocenters. The molecular formula is C18H16Cl2N2O. The van der Waals surface area contributed by atoms with E-state index in [1.165, 1.54) is 10.9 Å². The minimum absolute atomic E-state index is 0.0472. The van der Waals surface area contributed by atoms with E-state index in [0.717, 1.165) is 17.5 Å². The molecule has 0 aliphatic heterocycles. The van der Waals surface area contributed by atoms with Gasteiger partial charge in [-0.3, -0.25) is 4.79 Å². The molecule has 0 bridgehead atoms. The topological polar surface area (TPSA) is 44.9 Å². The van der Waals surface area contributed by atoms with Gasteiger partial charge in [-0.15, -0.1) is 0 Å². The number of aromatic amines is 1. The molecule has 23 heavy (non-hydrogen) atoms. The number of halogens is 2. The summed E-state index contributed by atoms with van der Waals surface area (Å²) in [5, 5.41) is 5.21. The van der Waals surface area contributed by atoms with E-state index in [1.807, 2.05) is 24.4 Å². The van der Waals surface area contributed by atoms with Gasteiger partial charge < -0.3 is 10.3 Å². The molecule has 2 aromatic carbocycles. The molecule has 2 N–H and O–H groups in total. The van der Waals surface area contributed by atoms with Crippen molar-refractivity contribution in [3.05, 3.63) is 69.8 Å². The predicted octanol–water partition coefficient (Wildman–Crippen LogP) is 4.38. The normalized spacial score (nSPS) is 10.9. The van der Waals surface area contributed by atoms with E-state index in [0.29, 0.717) is 16.6 Å². The second-order valence-electron chi connectivity index (χ2n) is 5.37. The molecule has 0 fully saturated rings. The smallest absolute Gasteiger partial charge is 0.224 e. The van der Waals surface area contributed by atoms with Gasteiger partial charge in [0.25, 0.3) is 0 Å². The van der Waals surface area contributed by atoms with Gasteiger partial charge in [0.1, 0.15) is 0 Å². The van der Waals surface area contributed by atoms with Gasteiger partial charge in [0.15, 0.2) is 0 Å². The van der Waals surface area contributed by atoms with Crippen LogP contribution < -0.4 is 5.32 Å². The summed E-state index contributed by atoms with van der Waals surface area (Å²) < 4.78 is 0. The van der Waals surface area contributed by atoms with Gasteiger partial charge >= 0.3 is 0 Å². The van der Waals surface area contributed by atoms with Crippen molar-refractivity contribution in [3.63, 3.8) is 0 Å². The first-order chi connectivity index (χ1) is 11.1. The third-order valence-electron chi connectivity index (χ3n) is 3.76. The Morgan fingerprint density at radius 3 is 2.74 bits per heavy atom. The van der Waals surface area contributed by atoms with Crippen molar-refractivity contribution in [2.24, 2.45) is 0 Å². The largest absolute Gasteiger partial charge is 0.361 e. The van der Waals surface area contributed by atoms with Gasteiger partial charge in [-0.2, -0.15) is 0 Å². The molecular weight excluding hydrogens is 331 g/mol. The van der Waals surface area contributed by atoms with E-state index in [9.17, 15) is 4.79 Å². The first kappa shape index (κ1) is 15.9. The Labute approximate surface area is 144 Å². The molecule has 5 heteroatoms.